The predicted octanol–water partition coefficient (Wildman–Crippen LogP) is 2.25. The summed E-state index contributed by atoms with van der Waals surface area (Å²) in [4.78, 5) is 0. The molecular formula is C13H25N3. The molecule has 1 heterocycles. The largest absolute Gasteiger partial charge is 0.320 e. The third kappa shape index (κ3) is 3.63. The molecule has 1 atom stereocenters. The van der Waals surface area contributed by atoms with Crippen LogP contribution < -0.4 is 5.32 Å². The van der Waals surface area contributed by atoms with Gasteiger partial charge in [0.2, 0.25) is 0 Å². The van der Waals surface area contributed by atoms with Crippen LogP contribution in [0.4, 0.5) is 0 Å². The fourth-order valence-corrected chi connectivity index (χ4v) is 1.98. The standard InChI is InChI=1S/C13H25N3/c1-5-12-10-13(16(6-2)15-12)9-11(3)7-8-14-4/h10-11,14H,5-9H2,1-4H3. The van der Waals surface area contributed by atoms with E-state index in [4.69, 9.17) is 0 Å². The normalized spacial score (nSPS) is 13.0. The Morgan fingerprint density at radius 2 is 2.19 bits per heavy atom. The van der Waals surface area contributed by atoms with Crippen molar-refractivity contribution in [3.8, 4) is 0 Å². The molecule has 1 unspecified atom stereocenters. The van der Waals surface area contributed by atoms with E-state index in [1.54, 1.807) is 0 Å². The zero-order valence-corrected chi connectivity index (χ0v) is 11.1. The van der Waals surface area contributed by atoms with Crippen LogP contribution in [-0.4, -0.2) is 23.4 Å². The number of nitrogens with zero attached hydrogens (tertiary/aromatic N) is 2. The summed E-state index contributed by atoms with van der Waals surface area (Å²) in [5, 5.41) is 7.79. The molecular weight excluding hydrogens is 198 g/mol. The van der Waals surface area contributed by atoms with Gasteiger partial charge in [0.25, 0.3) is 0 Å². The predicted molar refractivity (Wildman–Crippen MR) is 68.7 cm³/mol. The van der Waals surface area contributed by atoms with Crippen LogP contribution in [0.5, 0.6) is 0 Å². The van der Waals surface area contributed by atoms with Crippen molar-refractivity contribution in [2.75, 3.05) is 13.6 Å². The SMILES string of the molecule is CCc1cc(CC(C)CCNC)n(CC)n1. The van der Waals surface area contributed by atoms with Crippen molar-refractivity contribution in [3.05, 3.63) is 17.5 Å². The summed E-state index contributed by atoms with van der Waals surface area (Å²) in [5.41, 5.74) is 2.61. The van der Waals surface area contributed by atoms with Crippen molar-refractivity contribution in [1.82, 2.24) is 15.1 Å². The molecule has 0 fully saturated rings. The Morgan fingerprint density at radius 3 is 2.75 bits per heavy atom. The first-order valence-electron chi connectivity index (χ1n) is 6.41. The highest BCUT2D eigenvalue weighted by Gasteiger charge is 2.09. The summed E-state index contributed by atoms with van der Waals surface area (Å²) in [5.74, 6) is 0.721. The Kier molecular flexibility index (Phi) is 5.53. The van der Waals surface area contributed by atoms with Gasteiger partial charge in [0, 0.05) is 12.2 Å². The smallest absolute Gasteiger partial charge is 0.0624 e. The van der Waals surface area contributed by atoms with Gasteiger partial charge in [-0.1, -0.05) is 13.8 Å². The highest BCUT2D eigenvalue weighted by molar-refractivity contribution is 5.11. The van der Waals surface area contributed by atoms with Crippen LogP contribution in [-0.2, 0) is 19.4 Å². The lowest BCUT2D eigenvalue weighted by Gasteiger charge is -2.11. The number of hydrogen-bond donors (Lipinski definition) is 1. The van der Waals surface area contributed by atoms with E-state index in [1.807, 2.05) is 7.05 Å². The molecule has 0 saturated heterocycles. The monoisotopic (exact) mass is 223 g/mol. The zero-order valence-electron chi connectivity index (χ0n) is 11.1. The van der Waals surface area contributed by atoms with E-state index in [2.05, 4.69) is 41.9 Å². The molecule has 0 bridgehead atoms. The van der Waals surface area contributed by atoms with Crippen LogP contribution in [0.25, 0.3) is 0 Å². The Balaban J connectivity index is 2.60. The van der Waals surface area contributed by atoms with Crippen molar-refractivity contribution in [2.45, 2.75) is 46.6 Å². The average Bonchev–Trinajstić information content (AvgIpc) is 2.68. The first-order chi connectivity index (χ1) is 7.71. The van der Waals surface area contributed by atoms with Crippen LogP contribution in [0, 0.1) is 5.92 Å². The molecule has 0 radical (unpaired) electrons. The summed E-state index contributed by atoms with van der Waals surface area (Å²) in [7, 11) is 2.01. The minimum atomic E-state index is 0.721. The van der Waals surface area contributed by atoms with Crippen LogP contribution in [0.2, 0.25) is 0 Å². The van der Waals surface area contributed by atoms with E-state index in [1.165, 1.54) is 17.8 Å². The average molecular weight is 223 g/mol. The van der Waals surface area contributed by atoms with Gasteiger partial charge in [-0.2, -0.15) is 5.10 Å². The Hall–Kier alpha value is -0.830. The molecule has 1 rings (SSSR count). The molecule has 1 aromatic heterocycles. The van der Waals surface area contributed by atoms with Crippen molar-refractivity contribution >= 4 is 0 Å². The second-order valence-corrected chi connectivity index (χ2v) is 4.50. The van der Waals surface area contributed by atoms with Gasteiger partial charge < -0.3 is 5.32 Å². The molecule has 0 aliphatic heterocycles. The number of aryl methyl sites for hydroxylation is 2. The molecule has 0 aliphatic carbocycles. The second kappa shape index (κ2) is 6.69. The lowest BCUT2D eigenvalue weighted by molar-refractivity contribution is 0.488. The van der Waals surface area contributed by atoms with Gasteiger partial charge in [-0.3, -0.25) is 4.68 Å². The fourth-order valence-electron chi connectivity index (χ4n) is 1.98. The Morgan fingerprint density at radius 1 is 1.44 bits per heavy atom. The van der Waals surface area contributed by atoms with Crippen molar-refractivity contribution < 1.29 is 0 Å². The maximum atomic E-state index is 4.58. The summed E-state index contributed by atoms with van der Waals surface area (Å²) >= 11 is 0. The van der Waals surface area contributed by atoms with Crippen LogP contribution in [0.1, 0.15) is 38.6 Å². The summed E-state index contributed by atoms with van der Waals surface area (Å²) in [6.45, 7) is 8.72. The molecule has 0 aromatic carbocycles. The minimum Gasteiger partial charge on any atom is -0.320 e. The second-order valence-electron chi connectivity index (χ2n) is 4.50. The summed E-state index contributed by atoms with van der Waals surface area (Å²) < 4.78 is 2.15. The van der Waals surface area contributed by atoms with Gasteiger partial charge in [-0.25, -0.2) is 0 Å². The maximum Gasteiger partial charge on any atom is 0.0624 e. The van der Waals surface area contributed by atoms with E-state index in [-0.39, 0.29) is 0 Å². The Bertz CT molecular complexity index is 304. The van der Waals surface area contributed by atoms with E-state index >= 15 is 0 Å². The molecule has 1 aromatic rings. The molecule has 92 valence electrons. The molecule has 0 saturated carbocycles. The van der Waals surface area contributed by atoms with Gasteiger partial charge in [0.05, 0.1) is 5.69 Å². The van der Waals surface area contributed by atoms with Gasteiger partial charge in [-0.15, -0.1) is 0 Å². The van der Waals surface area contributed by atoms with Gasteiger partial charge in [0.1, 0.15) is 0 Å². The first kappa shape index (κ1) is 13.2. The molecule has 0 amide bonds. The number of nitrogens with one attached hydrogen (secondary N) is 1. The molecule has 0 spiro atoms. The number of aromatic nitrogens is 2. The fraction of sp³-hybridized carbons (Fsp3) is 0.769. The number of hydrogen-bond acceptors (Lipinski definition) is 2. The lowest BCUT2D eigenvalue weighted by atomic mass is 10.0. The molecule has 16 heavy (non-hydrogen) atoms. The Labute approximate surface area is 99.2 Å². The van der Waals surface area contributed by atoms with Crippen LogP contribution >= 0.6 is 0 Å². The van der Waals surface area contributed by atoms with Crippen molar-refractivity contribution in [2.24, 2.45) is 5.92 Å². The summed E-state index contributed by atoms with van der Waals surface area (Å²) in [6, 6.07) is 2.26. The van der Waals surface area contributed by atoms with Gasteiger partial charge >= 0.3 is 0 Å². The summed E-state index contributed by atoms with van der Waals surface area (Å²) in [6.07, 6.45) is 3.40. The van der Waals surface area contributed by atoms with E-state index in [0.29, 0.717) is 0 Å². The van der Waals surface area contributed by atoms with Gasteiger partial charge in [-0.05, 0) is 51.8 Å². The molecule has 1 N–H and O–H groups in total. The zero-order chi connectivity index (χ0) is 12.0. The van der Waals surface area contributed by atoms with E-state index in [0.717, 1.165) is 31.8 Å². The third-order valence-corrected chi connectivity index (χ3v) is 3.02. The maximum absolute atomic E-state index is 4.58. The van der Waals surface area contributed by atoms with E-state index < -0.39 is 0 Å². The van der Waals surface area contributed by atoms with Gasteiger partial charge in [0.15, 0.2) is 0 Å². The van der Waals surface area contributed by atoms with Crippen molar-refractivity contribution in [3.63, 3.8) is 0 Å². The quantitative estimate of drug-likeness (QED) is 0.768. The highest BCUT2D eigenvalue weighted by Crippen LogP contribution is 2.13. The van der Waals surface area contributed by atoms with Crippen molar-refractivity contribution in [1.29, 1.82) is 0 Å². The van der Waals surface area contributed by atoms with Crippen LogP contribution in [0.3, 0.4) is 0 Å². The molecule has 3 heteroatoms. The molecule has 3 nitrogen and oxygen atoms in total. The minimum absolute atomic E-state index is 0.721. The molecule has 0 aliphatic rings. The highest BCUT2D eigenvalue weighted by atomic mass is 15.3. The number of rotatable bonds is 7. The third-order valence-electron chi connectivity index (χ3n) is 3.02. The van der Waals surface area contributed by atoms with Crippen LogP contribution in [0.15, 0.2) is 6.07 Å². The lowest BCUT2D eigenvalue weighted by Crippen LogP contribution is -2.14. The van der Waals surface area contributed by atoms with E-state index in [9.17, 15) is 0 Å². The topological polar surface area (TPSA) is 29.9 Å². The first-order valence-corrected chi connectivity index (χ1v) is 6.41.